The lowest BCUT2D eigenvalue weighted by Crippen LogP contribution is -2.12. The fraction of sp³-hybridized carbons (Fsp3) is 0.185. The van der Waals surface area contributed by atoms with E-state index in [1.54, 1.807) is 12.1 Å². The molecule has 4 aromatic rings. The lowest BCUT2D eigenvalue weighted by molar-refractivity contribution is 0.102. The third kappa shape index (κ3) is 4.54. The van der Waals surface area contributed by atoms with Gasteiger partial charge < -0.3 is 10.6 Å². The molecular weight excluding hydrogens is 442 g/mol. The van der Waals surface area contributed by atoms with Gasteiger partial charge >= 0.3 is 0 Å². The summed E-state index contributed by atoms with van der Waals surface area (Å²) in [5.74, 6) is 1.08. The fourth-order valence-corrected chi connectivity index (χ4v) is 5.46. The first-order valence-electron chi connectivity index (χ1n) is 11.2. The van der Waals surface area contributed by atoms with Crippen LogP contribution >= 0.6 is 11.3 Å². The number of aryl methyl sites for hydroxylation is 2. The predicted octanol–water partition coefficient (Wildman–Crippen LogP) is 6.26. The van der Waals surface area contributed by atoms with Crippen LogP contribution in [-0.4, -0.2) is 15.9 Å². The summed E-state index contributed by atoms with van der Waals surface area (Å²) in [6, 6.07) is 21.4. The number of hydrogen-bond donors (Lipinski definition) is 2. The third-order valence-corrected chi connectivity index (χ3v) is 7.02. The van der Waals surface area contributed by atoms with Crippen molar-refractivity contribution in [2.24, 2.45) is 0 Å². The van der Waals surface area contributed by atoms with Crippen LogP contribution in [0.3, 0.4) is 0 Å². The van der Waals surface area contributed by atoms with Gasteiger partial charge in [-0.15, -0.1) is 11.3 Å². The Morgan fingerprint density at radius 1 is 1.03 bits per heavy atom. The number of nitriles is 1. The number of benzene rings is 2. The zero-order valence-corrected chi connectivity index (χ0v) is 19.6. The number of nitrogens with zero attached hydrogens (tertiary/aromatic N) is 3. The van der Waals surface area contributed by atoms with E-state index in [-0.39, 0.29) is 5.91 Å². The zero-order chi connectivity index (χ0) is 23.5. The number of carbonyl (C=O) groups is 1. The fourth-order valence-electron chi connectivity index (χ4n) is 4.22. The first-order chi connectivity index (χ1) is 16.6. The monoisotopic (exact) mass is 465 g/mol. The SMILES string of the molecule is Cc1nc(Nc2cccc(C(=O)Nc3sc4c(c3C#N)CCCC4)c2)cc(-c2ccccc2)n1. The smallest absolute Gasteiger partial charge is 0.256 e. The van der Waals surface area contributed by atoms with E-state index in [2.05, 4.69) is 26.7 Å². The molecule has 0 atom stereocenters. The number of amides is 1. The van der Waals surface area contributed by atoms with Gasteiger partial charge in [0.2, 0.25) is 0 Å². The molecule has 6 nitrogen and oxygen atoms in total. The van der Waals surface area contributed by atoms with Gasteiger partial charge in [-0.2, -0.15) is 5.26 Å². The molecule has 0 radical (unpaired) electrons. The highest BCUT2D eigenvalue weighted by atomic mass is 32.1. The average molecular weight is 466 g/mol. The molecule has 0 aliphatic heterocycles. The van der Waals surface area contributed by atoms with E-state index in [0.717, 1.165) is 48.2 Å². The van der Waals surface area contributed by atoms with Crippen LogP contribution < -0.4 is 10.6 Å². The molecule has 0 fully saturated rings. The first-order valence-corrected chi connectivity index (χ1v) is 12.1. The summed E-state index contributed by atoms with van der Waals surface area (Å²) in [5, 5.41) is 16.6. The molecule has 5 rings (SSSR count). The standard InChI is InChI=1S/C27H23N5OS/c1-17-29-23(18-8-3-2-4-9-18)15-25(30-17)31-20-11-7-10-19(14-20)26(33)32-27-22(16-28)21-12-5-6-13-24(21)34-27/h2-4,7-11,14-15H,5-6,12-13H2,1H3,(H,32,33)(H,29,30,31). The Labute approximate surface area is 202 Å². The van der Waals surface area contributed by atoms with Crippen molar-refractivity contribution in [2.45, 2.75) is 32.6 Å². The predicted molar refractivity (Wildman–Crippen MR) is 136 cm³/mol. The maximum atomic E-state index is 13.0. The third-order valence-electron chi connectivity index (χ3n) is 5.81. The highest BCUT2D eigenvalue weighted by Crippen LogP contribution is 2.37. The van der Waals surface area contributed by atoms with E-state index >= 15 is 0 Å². The molecule has 0 bridgehead atoms. The Hall–Kier alpha value is -4.02. The van der Waals surface area contributed by atoms with Crippen LogP contribution in [0.15, 0.2) is 60.7 Å². The second-order valence-electron chi connectivity index (χ2n) is 8.24. The van der Waals surface area contributed by atoms with Crippen molar-refractivity contribution < 1.29 is 4.79 Å². The molecule has 1 aliphatic rings. The van der Waals surface area contributed by atoms with Gasteiger partial charge in [0.15, 0.2) is 0 Å². The number of nitrogens with one attached hydrogen (secondary N) is 2. The topological polar surface area (TPSA) is 90.7 Å². The summed E-state index contributed by atoms with van der Waals surface area (Å²) in [4.78, 5) is 23.3. The largest absolute Gasteiger partial charge is 0.340 e. The summed E-state index contributed by atoms with van der Waals surface area (Å²) in [5.41, 5.74) is 4.82. The molecule has 2 aromatic heterocycles. The second kappa shape index (κ2) is 9.46. The molecule has 34 heavy (non-hydrogen) atoms. The van der Waals surface area contributed by atoms with Gasteiger partial charge in [-0.05, 0) is 56.4 Å². The molecule has 7 heteroatoms. The first kappa shape index (κ1) is 21.8. The van der Waals surface area contributed by atoms with Crippen LogP contribution in [0.5, 0.6) is 0 Å². The highest BCUT2D eigenvalue weighted by Gasteiger charge is 2.22. The molecular formula is C27H23N5OS. The molecule has 2 aromatic carbocycles. The number of thiophene rings is 1. The van der Waals surface area contributed by atoms with E-state index in [1.807, 2.05) is 55.5 Å². The number of hydrogen-bond acceptors (Lipinski definition) is 6. The molecule has 168 valence electrons. The van der Waals surface area contributed by atoms with E-state index in [9.17, 15) is 10.1 Å². The maximum absolute atomic E-state index is 13.0. The summed E-state index contributed by atoms with van der Waals surface area (Å²) >= 11 is 1.53. The molecule has 0 saturated carbocycles. The molecule has 0 unspecified atom stereocenters. The van der Waals surface area contributed by atoms with Crippen molar-refractivity contribution in [2.75, 3.05) is 10.6 Å². The van der Waals surface area contributed by atoms with Gasteiger partial charge in [-0.1, -0.05) is 36.4 Å². The van der Waals surface area contributed by atoms with Crippen LogP contribution in [0, 0.1) is 18.3 Å². The maximum Gasteiger partial charge on any atom is 0.256 e. The number of rotatable bonds is 5. The summed E-state index contributed by atoms with van der Waals surface area (Å²) < 4.78 is 0. The number of aromatic nitrogens is 2. The van der Waals surface area contributed by atoms with Gasteiger partial charge in [-0.3, -0.25) is 4.79 Å². The number of carbonyl (C=O) groups excluding carboxylic acids is 1. The lowest BCUT2D eigenvalue weighted by atomic mass is 9.96. The summed E-state index contributed by atoms with van der Waals surface area (Å²) in [6.45, 7) is 1.86. The molecule has 2 N–H and O–H groups in total. The van der Waals surface area contributed by atoms with Gasteiger partial charge in [0.1, 0.15) is 22.7 Å². The average Bonchev–Trinajstić information content (AvgIpc) is 3.21. The molecule has 0 spiro atoms. The van der Waals surface area contributed by atoms with Crippen molar-refractivity contribution in [3.05, 3.63) is 88.1 Å². The number of anilines is 3. The highest BCUT2D eigenvalue weighted by molar-refractivity contribution is 7.16. The van der Waals surface area contributed by atoms with Gasteiger partial charge in [0.25, 0.3) is 5.91 Å². The second-order valence-corrected chi connectivity index (χ2v) is 9.34. The van der Waals surface area contributed by atoms with Gasteiger partial charge in [0.05, 0.1) is 11.3 Å². The molecule has 1 amide bonds. The van der Waals surface area contributed by atoms with Crippen molar-refractivity contribution in [3.8, 4) is 17.3 Å². The van der Waals surface area contributed by atoms with Gasteiger partial charge in [0, 0.05) is 27.8 Å². The minimum atomic E-state index is -0.234. The normalized spacial score (nSPS) is 12.5. The van der Waals surface area contributed by atoms with Crippen LogP contribution in [0.1, 0.15) is 45.0 Å². The van der Waals surface area contributed by atoms with Crippen LogP contribution in [0.2, 0.25) is 0 Å². The minimum absolute atomic E-state index is 0.234. The van der Waals surface area contributed by atoms with Crippen LogP contribution in [-0.2, 0) is 12.8 Å². The van der Waals surface area contributed by atoms with Crippen molar-refractivity contribution in [1.29, 1.82) is 5.26 Å². The van der Waals surface area contributed by atoms with E-state index < -0.39 is 0 Å². The quantitative estimate of drug-likeness (QED) is 0.363. The van der Waals surface area contributed by atoms with E-state index in [4.69, 9.17) is 0 Å². The Morgan fingerprint density at radius 3 is 2.68 bits per heavy atom. The Kier molecular flexibility index (Phi) is 6.07. The summed E-state index contributed by atoms with van der Waals surface area (Å²) in [6.07, 6.45) is 4.11. The van der Waals surface area contributed by atoms with Crippen molar-refractivity contribution >= 4 is 33.8 Å². The zero-order valence-electron chi connectivity index (χ0n) is 18.8. The minimum Gasteiger partial charge on any atom is -0.340 e. The van der Waals surface area contributed by atoms with Crippen molar-refractivity contribution in [3.63, 3.8) is 0 Å². The van der Waals surface area contributed by atoms with Crippen LogP contribution in [0.25, 0.3) is 11.3 Å². The molecule has 2 heterocycles. The Bertz CT molecular complexity index is 1400. The van der Waals surface area contributed by atoms with Crippen LogP contribution in [0.4, 0.5) is 16.5 Å². The molecule has 0 saturated heterocycles. The summed E-state index contributed by atoms with van der Waals surface area (Å²) in [7, 11) is 0. The van der Waals surface area contributed by atoms with Crippen molar-refractivity contribution in [1.82, 2.24) is 9.97 Å². The van der Waals surface area contributed by atoms with Gasteiger partial charge in [-0.25, -0.2) is 9.97 Å². The van der Waals surface area contributed by atoms with E-state index in [1.165, 1.54) is 16.2 Å². The number of fused-ring (bicyclic) bond motifs is 1. The Morgan fingerprint density at radius 2 is 1.85 bits per heavy atom. The Balaban J connectivity index is 1.37. The molecule has 1 aliphatic carbocycles. The lowest BCUT2D eigenvalue weighted by Gasteiger charge is -2.10. The van der Waals surface area contributed by atoms with E-state index in [0.29, 0.717) is 27.8 Å².